The second-order valence-electron chi connectivity index (χ2n) is 4.27. The Morgan fingerprint density at radius 2 is 1.79 bits per heavy atom. The third-order valence-corrected chi connectivity index (χ3v) is 3.63. The highest BCUT2D eigenvalue weighted by Gasteiger charge is 2.06. The summed E-state index contributed by atoms with van der Waals surface area (Å²) in [4.78, 5) is 0. The maximum Gasteiger partial charge on any atom is 0.124 e. The average molecular weight is 316 g/mol. The maximum atomic E-state index is 6.10. The Hall–Kier alpha value is -0.890. The highest BCUT2D eigenvalue weighted by Crippen LogP contribution is 2.25. The zero-order valence-corrected chi connectivity index (χ0v) is 12.7. The zero-order chi connectivity index (χ0) is 13.8. The summed E-state index contributed by atoms with van der Waals surface area (Å²) >= 11 is 17.9. The van der Waals surface area contributed by atoms with Gasteiger partial charge < -0.3 is 4.74 Å². The molecule has 2 aromatic carbocycles. The number of hydrogen-bond acceptors (Lipinski definition) is 1. The van der Waals surface area contributed by atoms with Crippen LogP contribution in [0.5, 0.6) is 5.75 Å². The summed E-state index contributed by atoms with van der Waals surface area (Å²) in [7, 11) is 0. The van der Waals surface area contributed by atoms with E-state index >= 15 is 0 Å². The molecule has 0 amide bonds. The summed E-state index contributed by atoms with van der Waals surface area (Å²) in [5.74, 6) is 1.21. The van der Waals surface area contributed by atoms with Crippen LogP contribution >= 0.6 is 34.8 Å². The lowest BCUT2D eigenvalue weighted by atomic mass is 10.1. The Bertz CT molecular complexity index is 582. The predicted molar refractivity (Wildman–Crippen MR) is 81.5 cm³/mol. The van der Waals surface area contributed by atoms with Crippen molar-refractivity contribution in [2.45, 2.75) is 19.4 Å². The highest BCUT2D eigenvalue weighted by molar-refractivity contribution is 6.35. The van der Waals surface area contributed by atoms with Crippen LogP contribution in [0.1, 0.15) is 16.7 Å². The van der Waals surface area contributed by atoms with Gasteiger partial charge in [-0.05, 0) is 25.1 Å². The van der Waals surface area contributed by atoms with E-state index in [1.807, 2.05) is 31.2 Å². The first kappa shape index (κ1) is 14.5. The lowest BCUT2D eigenvalue weighted by molar-refractivity contribution is 0.304. The van der Waals surface area contributed by atoms with E-state index in [0.29, 0.717) is 22.5 Å². The molecule has 0 aromatic heterocycles. The topological polar surface area (TPSA) is 9.23 Å². The fourth-order valence-corrected chi connectivity index (χ4v) is 2.42. The fraction of sp³-hybridized carbons (Fsp3) is 0.200. The molecule has 0 aliphatic heterocycles. The number of aryl methyl sites for hydroxylation is 1. The quantitative estimate of drug-likeness (QED) is 0.665. The predicted octanol–water partition coefficient (Wildman–Crippen LogP) is 5.62. The Morgan fingerprint density at radius 3 is 2.47 bits per heavy atom. The van der Waals surface area contributed by atoms with Gasteiger partial charge in [-0.25, -0.2) is 0 Å². The Kier molecular flexibility index (Phi) is 4.98. The van der Waals surface area contributed by atoms with E-state index in [0.717, 1.165) is 22.4 Å². The average Bonchev–Trinajstić information content (AvgIpc) is 2.39. The van der Waals surface area contributed by atoms with Crippen molar-refractivity contribution in [3.63, 3.8) is 0 Å². The molecule has 2 aromatic rings. The molecule has 100 valence electrons. The molecule has 0 aliphatic rings. The van der Waals surface area contributed by atoms with Gasteiger partial charge in [0.25, 0.3) is 0 Å². The van der Waals surface area contributed by atoms with E-state index in [-0.39, 0.29) is 0 Å². The van der Waals surface area contributed by atoms with Gasteiger partial charge in [0.1, 0.15) is 12.4 Å². The van der Waals surface area contributed by atoms with E-state index in [2.05, 4.69) is 0 Å². The van der Waals surface area contributed by atoms with Crippen LogP contribution in [0.25, 0.3) is 0 Å². The van der Waals surface area contributed by atoms with Gasteiger partial charge >= 0.3 is 0 Å². The molecule has 0 spiro atoms. The molecule has 0 saturated carbocycles. The van der Waals surface area contributed by atoms with Crippen LogP contribution in [0.4, 0.5) is 0 Å². The van der Waals surface area contributed by atoms with Gasteiger partial charge in [0.05, 0.1) is 5.88 Å². The number of rotatable bonds is 4. The van der Waals surface area contributed by atoms with Crippen LogP contribution in [-0.4, -0.2) is 0 Å². The smallest absolute Gasteiger partial charge is 0.124 e. The van der Waals surface area contributed by atoms with Crippen LogP contribution < -0.4 is 4.74 Å². The van der Waals surface area contributed by atoms with Crippen LogP contribution in [0, 0.1) is 6.92 Å². The monoisotopic (exact) mass is 314 g/mol. The summed E-state index contributed by atoms with van der Waals surface area (Å²) in [6.07, 6.45) is 0. The summed E-state index contributed by atoms with van der Waals surface area (Å²) in [5.41, 5.74) is 3.03. The molecule has 0 fully saturated rings. The molecule has 0 aliphatic carbocycles. The molecule has 0 radical (unpaired) electrons. The van der Waals surface area contributed by atoms with E-state index in [1.165, 1.54) is 0 Å². The zero-order valence-electron chi connectivity index (χ0n) is 10.4. The SMILES string of the molecule is Cc1ccc(OCc2ccc(Cl)cc2Cl)c(CCl)c1. The minimum absolute atomic E-state index is 0.392. The van der Waals surface area contributed by atoms with Gasteiger partial charge in [-0.3, -0.25) is 0 Å². The van der Waals surface area contributed by atoms with Crippen molar-refractivity contribution < 1.29 is 4.74 Å². The van der Waals surface area contributed by atoms with Gasteiger partial charge in [0.15, 0.2) is 0 Å². The molecule has 2 rings (SSSR count). The third kappa shape index (κ3) is 3.79. The van der Waals surface area contributed by atoms with Crippen LogP contribution in [-0.2, 0) is 12.5 Å². The number of hydrogen-bond donors (Lipinski definition) is 0. The van der Waals surface area contributed by atoms with Gasteiger partial charge in [-0.1, -0.05) is 47.0 Å². The molecule has 0 heterocycles. The number of ether oxygens (including phenoxy) is 1. The fourth-order valence-electron chi connectivity index (χ4n) is 1.75. The minimum atomic E-state index is 0.392. The number of benzene rings is 2. The summed E-state index contributed by atoms with van der Waals surface area (Å²) < 4.78 is 5.78. The number of alkyl halides is 1. The Balaban J connectivity index is 2.14. The van der Waals surface area contributed by atoms with E-state index < -0.39 is 0 Å². The largest absolute Gasteiger partial charge is 0.489 e. The van der Waals surface area contributed by atoms with Crippen molar-refractivity contribution >= 4 is 34.8 Å². The molecular formula is C15H13Cl3O. The lowest BCUT2D eigenvalue weighted by Gasteiger charge is -2.11. The summed E-state index contributed by atoms with van der Waals surface area (Å²) in [6, 6.07) is 11.3. The minimum Gasteiger partial charge on any atom is -0.489 e. The first-order valence-corrected chi connectivity index (χ1v) is 7.11. The first-order chi connectivity index (χ1) is 9.10. The normalized spacial score (nSPS) is 10.5. The molecule has 0 N–H and O–H groups in total. The van der Waals surface area contributed by atoms with Crippen LogP contribution in [0.2, 0.25) is 10.0 Å². The van der Waals surface area contributed by atoms with Gasteiger partial charge in [0.2, 0.25) is 0 Å². The third-order valence-electron chi connectivity index (χ3n) is 2.76. The molecule has 0 bridgehead atoms. The molecule has 0 atom stereocenters. The van der Waals surface area contributed by atoms with Gasteiger partial charge in [0, 0.05) is 21.2 Å². The molecule has 1 nitrogen and oxygen atoms in total. The summed E-state index contributed by atoms with van der Waals surface area (Å²) in [5, 5.41) is 1.22. The van der Waals surface area contributed by atoms with Gasteiger partial charge in [-0.15, -0.1) is 11.6 Å². The van der Waals surface area contributed by atoms with E-state index in [1.54, 1.807) is 12.1 Å². The van der Waals surface area contributed by atoms with Crippen molar-refractivity contribution in [2.75, 3.05) is 0 Å². The Labute approximate surface area is 128 Å². The second-order valence-corrected chi connectivity index (χ2v) is 5.38. The molecular weight excluding hydrogens is 303 g/mol. The number of halogens is 3. The van der Waals surface area contributed by atoms with E-state index in [4.69, 9.17) is 39.5 Å². The second kappa shape index (κ2) is 6.51. The van der Waals surface area contributed by atoms with E-state index in [9.17, 15) is 0 Å². The molecule has 4 heteroatoms. The summed E-state index contributed by atoms with van der Waals surface area (Å²) in [6.45, 7) is 2.42. The van der Waals surface area contributed by atoms with Crippen LogP contribution in [0.15, 0.2) is 36.4 Å². The molecule has 0 saturated heterocycles. The first-order valence-electron chi connectivity index (χ1n) is 5.82. The molecule has 0 unspecified atom stereocenters. The Morgan fingerprint density at radius 1 is 1.00 bits per heavy atom. The van der Waals surface area contributed by atoms with Gasteiger partial charge in [-0.2, -0.15) is 0 Å². The van der Waals surface area contributed by atoms with Crippen molar-refractivity contribution in [3.8, 4) is 5.75 Å². The highest BCUT2D eigenvalue weighted by atomic mass is 35.5. The lowest BCUT2D eigenvalue weighted by Crippen LogP contribution is -1.99. The van der Waals surface area contributed by atoms with Crippen molar-refractivity contribution in [1.82, 2.24) is 0 Å². The van der Waals surface area contributed by atoms with Crippen LogP contribution in [0.3, 0.4) is 0 Å². The maximum absolute atomic E-state index is 6.10. The van der Waals surface area contributed by atoms with Crippen molar-refractivity contribution in [2.24, 2.45) is 0 Å². The molecule has 19 heavy (non-hydrogen) atoms. The van der Waals surface area contributed by atoms with Crippen molar-refractivity contribution in [1.29, 1.82) is 0 Å². The standard InChI is InChI=1S/C15H13Cl3O/c1-10-2-5-15(12(6-10)8-16)19-9-11-3-4-13(17)7-14(11)18/h2-7H,8-9H2,1H3. The van der Waals surface area contributed by atoms with Crippen molar-refractivity contribution in [3.05, 3.63) is 63.1 Å².